The number of nitrogens with one attached hydrogen (secondary N) is 2. The molecule has 0 saturated carbocycles. The molecular formula is C13H17N3O3. The molecule has 0 bridgehead atoms. The molecule has 1 fully saturated rings. The highest BCUT2D eigenvalue weighted by Crippen LogP contribution is 2.05. The molecule has 0 spiro atoms. The molecule has 102 valence electrons. The van der Waals surface area contributed by atoms with Crippen LogP contribution in [0.2, 0.25) is 0 Å². The first-order chi connectivity index (χ1) is 9.16. The Morgan fingerprint density at radius 1 is 1.37 bits per heavy atom. The van der Waals surface area contributed by atoms with E-state index in [1.807, 2.05) is 0 Å². The van der Waals surface area contributed by atoms with E-state index in [1.54, 1.807) is 18.3 Å². The van der Waals surface area contributed by atoms with Crippen molar-refractivity contribution in [1.29, 1.82) is 0 Å². The Hall–Kier alpha value is -2.11. The highest BCUT2D eigenvalue weighted by molar-refractivity contribution is 5.87. The fourth-order valence-corrected chi connectivity index (χ4v) is 2.06. The number of aromatic nitrogens is 1. The van der Waals surface area contributed by atoms with E-state index in [1.165, 1.54) is 10.6 Å². The Labute approximate surface area is 110 Å². The number of pyridine rings is 1. The molecule has 2 heterocycles. The molecule has 2 N–H and O–H groups in total. The second-order valence-corrected chi connectivity index (χ2v) is 4.57. The number of carbonyl (C=O) groups is 2. The van der Waals surface area contributed by atoms with Gasteiger partial charge in [-0.3, -0.25) is 14.4 Å². The molecule has 6 nitrogen and oxygen atoms in total. The van der Waals surface area contributed by atoms with Crippen LogP contribution in [0, 0.1) is 0 Å². The van der Waals surface area contributed by atoms with E-state index in [4.69, 9.17) is 0 Å². The second kappa shape index (κ2) is 6.17. The smallest absolute Gasteiger partial charge is 0.250 e. The lowest BCUT2D eigenvalue weighted by Gasteiger charge is -2.15. The second-order valence-electron chi connectivity index (χ2n) is 4.57. The van der Waals surface area contributed by atoms with Gasteiger partial charge in [0.2, 0.25) is 11.8 Å². The average Bonchev–Trinajstić information content (AvgIpc) is 2.58. The van der Waals surface area contributed by atoms with E-state index in [-0.39, 0.29) is 23.9 Å². The zero-order chi connectivity index (χ0) is 13.7. The highest BCUT2D eigenvalue weighted by atomic mass is 16.2. The summed E-state index contributed by atoms with van der Waals surface area (Å²) in [5.74, 6) is -0.471. The molecule has 0 aliphatic carbocycles. The summed E-state index contributed by atoms with van der Waals surface area (Å²) in [5, 5.41) is 5.43. The third-order valence-electron chi connectivity index (χ3n) is 3.08. The van der Waals surface area contributed by atoms with Crippen molar-refractivity contribution in [3.05, 3.63) is 34.7 Å². The van der Waals surface area contributed by atoms with Crippen molar-refractivity contribution >= 4 is 11.8 Å². The maximum Gasteiger partial charge on any atom is 0.250 e. The van der Waals surface area contributed by atoms with Gasteiger partial charge in [0, 0.05) is 18.8 Å². The molecule has 2 amide bonds. The van der Waals surface area contributed by atoms with E-state index in [0.717, 1.165) is 12.8 Å². The minimum absolute atomic E-state index is 0.0660. The van der Waals surface area contributed by atoms with Crippen LogP contribution in [0.25, 0.3) is 0 Å². The Morgan fingerprint density at radius 3 is 3.00 bits per heavy atom. The van der Waals surface area contributed by atoms with E-state index in [9.17, 15) is 14.4 Å². The molecule has 1 aromatic rings. The standard InChI is InChI=1S/C13H17N3O3/c17-11(9-16-8-4-2-6-12(16)18)15-10-5-1-3-7-14-13(10)19/h2,4,6,8,10H,1,3,5,7,9H2,(H,14,19)(H,15,17)/t10-/m1/s1. The Bertz CT molecular complexity index is 524. The first kappa shape index (κ1) is 13.3. The van der Waals surface area contributed by atoms with Gasteiger partial charge in [-0.05, 0) is 25.3 Å². The van der Waals surface area contributed by atoms with Gasteiger partial charge in [0.25, 0.3) is 5.56 Å². The van der Waals surface area contributed by atoms with Gasteiger partial charge in [0.05, 0.1) is 0 Å². The summed E-state index contributed by atoms with van der Waals surface area (Å²) in [6.07, 6.45) is 4.02. The summed E-state index contributed by atoms with van der Waals surface area (Å²) >= 11 is 0. The molecule has 0 unspecified atom stereocenters. The zero-order valence-electron chi connectivity index (χ0n) is 10.6. The Morgan fingerprint density at radius 2 is 2.21 bits per heavy atom. The van der Waals surface area contributed by atoms with Crippen molar-refractivity contribution in [2.75, 3.05) is 6.54 Å². The van der Waals surface area contributed by atoms with Gasteiger partial charge in [-0.25, -0.2) is 0 Å². The van der Waals surface area contributed by atoms with Crippen LogP contribution < -0.4 is 16.2 Å². The lowest BCUT2D eigenvalue weighted by atomic mass is 10.1. The number of amides is 2. The maximum absolute atomic E-state index is 11.8. The van der Waals surface area contributed by atoms with Crippen LogP contribution in [-0.2, 0) is 16.1 Å². The van der Waals surface area contributed by atoms with Crippen LogP contribution in [0.15, 0.2) is 29.2 Å². The first-order valence-electron chi connectivity index (χ1n) is 6.39. The van der Waals surface area contributed by atoms with Gasteiger partial charge >= 0.3 is 0 Å². The molecule has 19 heavy (non-hydrogen) atoms. The summed E-state index contributed by atoms with van der Waals surface area (Å²) in [4.78, 5) is 35.0. The number of hydrogen-bond acceptors (Lipinski definition) is 3. The van der Waals surface area contributed by atoms with Crippen molar-refractivity contribution in [2.24, 2.45) is 0 Å². The van der Waals surface area contributed by atoms with Crippen molar-refractivity contribution in [3.63, 3.8) is 0 Å². The largest absolute Gasteiger partial charge is 0.354 e. The van der Waals surface area contributed by atoms with E-state index in [0.29, 0.717) is 13.0 Å². The molecule has 2 rings (SSSR count). The number of hydrogen-bond donors (Lipinski definition) is 2. The first-order valence-corrected chi connectivity index (χ1v) is 6.39. The molecule has 0 radical (unpaired) electrons. The molecule has 0 aromatic carbocycles. The summed E-state index contributed by atoms with van der Waals surface area (Å²) in [6.45, 7) is 0.590. The lowest BCUT2D eigenvalue weighted by molar-refractivity contribution is -0.129. The fraction of sp³-hybridized carbons (Fsp3) is 0.462. The summed E-state index contributed by atoms with van der Waals surface area (Å²) in [6, 6.07) is 4.21. The van der Waals surface area contributed by atoms with E-state index < -0.39 is 6.04 Å². The molecule has 1 aliphatic heterocycles. The van der Waals surface area contributed by atoms with E-state index in [2.05, 4.69) is 10.6 Å². The van der Waals surface area contributed by atoms with Crippen LogP contribution in [0.1, 0.15) is 19.3 Å². The van der Waals surface area contributed by atoms with Crippen LogP contribution in [0.3, 0.4) is 0 Å². The lowest BCUT2D eigenvalue weighted by Crippen LogP contribution is -2.47. The van der Waals surface area contributed by atoms with Gasteiger partial charge in [-0.15, -0.1) is 0 Å². The molecule has 1 aromatic heterocycles. The van der Waals surface area contributed by atoms with Crippen molar-refractivity contribution < 1.29 is 9.59 Å². The molecule has 6 heteroatoms. The van der Waals surface area contributed by atoms with Crippen molar-refractivity contribution in [3.8, 4) is 0 Å². The zero-order valence-corrected chi connectivity index (χ0v) is 10.6. The number of nitrogens with zero attached hydrogens (tertiary/aromatic N) is 1. The number of carbonyl (C=O) groups excluding carboxylic acids is 2. The predicted octanol–water partition coefficient (Wildman–Crippen LogP) is -0.367. The van der Waals surface area contributed by atoms with Gasteiger partial charge in [-0.1, -0.05) is 6.07 Å². The summed E-state index contributed by atoms with van der Waals surface area (Å²) in [7, 11) is 0. The minimum Gasteiger partial charge on any atom is -0.354 e. The van der Waals surface area contributed by atoms with Crippen LogP contribution in [0.4, 0.5) is 0 Å². The summed E-state index contributed by atoms with van der Waals surface area (Å²) in [5.41, 5.74) is -0.233. The quantitative estimate of drug-likeness (QED) is 0.781. The van der Waals surface area contributed by atoms with Gasteiger partial charge in [0.1, 0.15) is 12.6 Å². The van der Waals surface area contributed by atoms with Gasteiger partial charge in [0.15, 0.2) is 0 Å². The Balaban J connectivity index is 1.95. The number of rotatable bonds is 3. The summed E-state index contributed by atoms with van der Waals surface area (Å²) < 4.78 is 1.31. The van der Waals surface area contributed by atoms with Crippen molar-refractivity contribution in [2.45, 2.75) is 31.8 Å². The predicted molar refractivity (Wildman–Crippen MR) is 69.5 cm³/mol. The fourth-order valence-electron chi connectivity index (χ4n) is 2.06. The van der Waals surface area contributed by atoms with Crippen molar-refractivity contribution in [1.82, 2.24) is 15.2 Å². The molecule has 1 aliphatic rings. The molecular weight excluding hydrogens is 246 g/mol. The normalized spacial score (nSPS) is 19.4. The molecule has 1 saturated heterocycles. The minimum atomic E-state index is -0.491. The SMILES string of the molecule is O=C(Cn1ccccc1=O)N[C@@H]1CCCCNC1=O. The van der Waals surface area contributed by atoms with Crippen LogP contribution >= 0.6 is 0 Å². The monoisotopic (exact) mass is 263 g/mol. The van der Waals surface area contributed by atoms with Gasteiger partial charge < -0.3 is 15.2 Å². The average molecular weight is 263 g/mol. The Kier molecular flexibility index (Phi) is 4.33. The van der Waals surface area contributed by atoms with Crippen LogP contribution in [0.5, 0.6) is 0 Å². The van der Waals surface area contributed by atoms with E-state index >= 15 is 0 Å². The van der Waals surface area contributed by atoms with Crippen LogP contribution in [-0.4, -0.2) is 29.0 Å². The van der Waals surface area contributed by atoms with Gasteiger partial charge in [-0.2, -0.15) is 0 Å². The third kappa shape index (κ3) is 3.67. The molecule has 1 atom stereocenters. The maximum atomic E-state index is 11.8. The topological polar surface area (TPSA) is 80.2 Å². The highest BCUT2D eigenvalue weighted by Gasteiger charge is 2.22. The third-order valence-corrected chi connectivity index (χ3v) is 3.08.